The van der Waals surface area contributed by atoms with E-state index in [0.29, 0.717) is 60.3 Å². The van der Waals surface area contributed by atoms with E-state index in [1.807, 2.05) is 39.4 Å². The second kappa shape index (κ2) is 11.7. The van der Waals surface area contributed by atoms with Crippen LogP contribution in [-0.4, -0.2) is 81.3 Å². The van der Waals surface area contributed by atoms with Gasteiger partial charge in [0.15, 0.2) is 11.6 Å². The summed E-state index contributed by atoms with van der Waals surface area (Å²) in [4.78, 5) is 28.7. The molecule has 2 saturated heterocycles. The van der Waals surface area contributed by atoms with Crippen molar-refractivity contribution in [1.29, 1.82) is 5.26 Å². The molecule has 2 fully saturated rings. The highest BCUT2D eigenvalue weighted by atomic mass is 35.5. The monoisotopic (exact) mass is 649 g/mol. The lowest BCUT2D eigenvalue weighted by atomic mass is 9.90. The molecule has 4 heterocycles. The SMILES string of the molecule is CN(C)C1(C)CN(c2nc3c(F)c(-c4ccc(F)cc4)c(Cl)cc3c3c2ncn3[C@H]2CCN(C(=O)OC(C)(C)C)[C@H](CC#N)C2)C1. The minimum absolute atomic E-state index is 0.0810. The quantitative estimate of drug-likeness (QED) is 0.226. The van der Waals surface area contributed by atoms with E-state index < -0.39 is 23.3 Å². The predicted molar refractivity (Wildman–Crippen MR) is 175 cm³/mol. The number of ether oxygens (including phenoxy) is 1. The van der Waals surface area contributed by atoms with E-state index in [2.05, 4.69) is 22.8 Å². The van der Waals surface area contributed by atoms with Gasteiger partial charge in [-0.1, -0.05) is 23.7 Å². The normalized spacial score (nSPS) is 19.8. The van der Waals surface area contributed by atoms with Gasteiger partial charge in [0.1, 0.15) is 22.5 Å². The number of likely N-dealkylation sites (tertiary alicyclic amines) is 1. The molecule has 2 aromatic carbocycles. The second-order valence-electron chi connectivity index (χ2n) is 13.9. The number of piperidine rings is 1. The van der Waals surface area contributed by atoms with Crippen LogP contribution in [0.25, 0.3) is 33.1 Å². The van der Waals surface area contributed by atoms with Crippen LogP contribution >= 0.6 is 11.6 Å². The molecule has 2 aliphatic rings. The largest absolute Gasteiger partial charge is 0.444 e. The predicted octanol–water partition coefficient (Wildman–Crippen LogP) is 7.18. The Kier molecular flexibility index (Phi) is 8.10. The Labute approximate surface area is 272 Å². The van der Waals surface area contributed by atoms with E-state index in [4.69, 9.17) is 26.3 Å². The van der Waals surface area contributed by atoms with Gasteiger partial charge >= 0.3 is 6.09 Å². The average Bonchev–Trinajstić information content (AvgIpc) is 3.41. The lowest BCUT2D eigenvalue weighted by molar-refractivity contribution is 0.00618. The van der Waals surface area contributed by atoms with Crippen LogP contribution in [0.3, 0.4) is 0 Å². The maximum atomic E-state index is 16.6. The average molecular weight is 650 g/mol. The first kappa shape index (κ1) is 32.0. The van der Waals surface area contributed by atoms with Crippen LogP contribution in [0, 0.1) is 23.0 Å². The molecule has 0 N–H and O–H groups in total. The molecular weight excluding hydrogens is 612 g/mol. The third-order valence-corrected chi connectivity index (χ3v) is 9.58. The van der Waals surface area contributed by atoms with Crippen molar-refractivity contribution in [2.75, 3.05) is 38.6 Å². The van der Waals surface area contributed by atoms with Crippen molar-refractivity contribution in [3.63, 3.8) is 0 Å². The number of rotatable bonds is 5. The number of benzene rings is 2. The number of anilines is 1. The maximum absolute atomic E-state index is 16.6. The van der Waals surface area contributed by atoms with Crippen LogP contribution in [0.5, 0.6) is 0 Å². The van der Waals surface area contributed by atoms with Gasteiger partial charge in [-0.3, -0.25) is 0 Å². The fourth-order valence-electron chi connectivity index (χ4n) is 6.58. The van der Waals surface area contributed by atoms with Crippen molar-refractivity contribution in [2.45, 2.75) is 70.2 Å². The summed E-state index contributed by atoms with van der Waals surface area (Å²) < 4.78 is 38.0. The number of nitriles is 1. The Bertz CT molecular complexity index is 1860. The molecule has 242 valence electrons. The fourth-order valence-corrected chi connectivity index (χ4v) is 6.88. The molecule has 0 spiro atoms. The Balaban J connectivity index is 1.48. The van der Waals surface area contributed by atoms with Crippen molar-refractivity contribution in [3.8, 4) is 17.2 Å². The first-order valence-corrected chi connectivity index (χ1v) is 15.8. The molecule has 6 rings (SSSR count). The first-order chi connectivity index (χ1) is 21.7. The first-order valence-electron chi connectivity index (χ1n) is 15.4. The van der Waals surface area contributed by atoms with Gasteiger partial charge in [-0.25, -0.2) is 23.5 Å². The number of amides is 1. The van der Waals surface area contributed by atoms with Gasteiger partial charge in [-0.05, 0) is 78.4 Å². The maximum Gasteiger partial charge on any atom is 0.410 e. The number of aromatic nitrogens is 3. The van der Waals surface area contributed by atoms with Gasteiger partial charge in [-0.15, -0.1) is 0 Å². The number of halogens is 3. The molecule has 1 amide bonds. The third kappa shape index (κ3) is 5.62. The van der Waals surface area contributed by atoms with Crippen LogP contribution in [0.2, 0.25) is 5.02 Å². The third-order valence-electron chi connectivity index (χ3n) is 9.28. The minimum Gasteiger partial charge on any atom is -0.444 e. The van der Waals surface area contributed by atoms with Crippen LogP contribution in [0.15, 0.2) is 36.7 Å². The van der Waals surface area contributed by atoms with E-state index in [1.165, 1.54) is 24.3 Å². The smallest absolute Gasteiger partial charge is 0.410 e. The fraction of sp³-hybridized carbons (Fsp3) is 0.471. The summed E-state index contributed by atoms with van der Waals surface area (Å²) in [5, 5.41) is 10.3. The summed E-state index contributed by atoms with van der Waals surface area (Å²) >= 11 is 6.77. The lowest BCUT2D eigenvalue weighted by Gasteiger charge is -2.52. The van der Waals surface area contributed by atoms with Gasteiger partial charge in [0.2, 0.25) is 0 Å². The van der Waals surface area contributed by atoms with Crippen molar-refractivity contribution in [1.82, 2.24) is 24.3 Å². The number of fused-ring (bicyclic) bond motifs is 3. The molecular formula is C34H38ClF2N7O2. The second-order valence-corrected chi connectivity index (χ2v) is 14.3. The highest BCUT2D eigenvalue weighted by molar-refractivity contribution is 6.34. The van der Waals surface area contributed by atoms with Gasteiger partial charge in [0, 0.05) is 42.7 Å². The van der Waals surface area contributed by atoms with Crippen molar-refractivity contribution in [3.05, 3.63) is 53.3 Å². The number of hydrogen-bond donors (Lipinski definition) is 0. The molecule has 0 aliphatic carbocycles. The van der Waals surface area contributed by atoms with Crippen LogP contribution in [0.1, 0.15) is 53.0 Å². The molecule has 12 heteroatoms. The molecule has 2 atom stereocenters. The highest BCUT2D eigenvalue weighted by Gasteiger charge is 2.43. The summed E-state index contributed by atoms with van der Waals surface area (Å²) in [6, 6.07) is 8.98. The lowest BCUT2D eigenvalue weighted by Crippen LogP contribution is -2.67. The number of carbonyl (C=O) groups excluding carboxylic acids is 1. The molecule has 2 aliphatic heterocycles. The number of pyridine rings is 1. The summed E-state index contributed by atoms with van der Waals surface area (Å²) in [5.74, 6) is -0.448. The molecule has 4 aromatic rings. The molecule has 0 saturated carbocycles. The zero-order valence-corrected chi connectivity index (χ0v) is 27.7. The summed E-state index contributed by atoms with van der Waals surface area (Å²) in [6.07, 6.45) is 2.52. The Morgan fingerprint density at radius 3 is 2.52 bits per heavy atom. The summed E-state index contributed by atoms with van der Waals surface area (Å²) in [7, 11) is 4.07. The number of imidazole rings is 1. The van der Waals surface area contributed by atoms with Gasteiger partial charge in [0.05, 0.1) is 34.9 Å². The van der Waals surface area contributed by atoms with Crippen molar-refractivity contribution < 1.29 is 18.3 Å². The van der Waals surface area contributed by atoms with Crippen molar-refractivity contribution >= 4 is 45.4 Å². The van der Waals surface area contributed by atoms with E-state index >= 15 is 4.39 Å². The van der Waals surface area contributed by atoms with Crippen LogP contribution < -0.4 is 4.90 Å². The number of likely N-dealkylation sites (N-methyl/N-ethyl adjacent to an activating group) is 1. The number of nitrogens with zero attached hydrogens (tertiary/aromatic N) is 7. The van der Waals surface area contributed by atoms with Crippen molar-refractivity contribution in [2.24, 2.45) is 0 Å². The Hall–Kier alpha value is -4.01. The number of hydrogen-bond acceptors (Lipinski definition) is 7. The molecule has 46 heavy (non-hydrogen) atoms. The van der Waals surface area contributed by atoms with E-state index in [-0.39, 0.29) is 40.1 Å². The molecule has 2 aromatic heterocycles. The number of carbonyl (C=O) groups is 1. The zero-order valence-electron chi connectivity index (χ0n) is 26.9. The Morgan fingerprint density at radius 2 is 1.89 bits per heavy atom. The van der Waals surface area contributed by atoms with Crippen LogP contribution in [-0.2, 0) is 4.74 Å². The zero-order chi connectivity index (χ0) is 33.1. The minimum atomic E-state index is -0.663. The summed E-state index contributed by atoms with van der Waals surface area (Å²) in [6.45, 7) is 9.36. The standard InChI is InChI=1S/C34H38ClF2N7O2/c1-33(2,3)46-32(45)43-14-12-23(15-22(43)11-13-38)44-19-39-29-30(44)24-16-25(35)26(20-7-9-21(36)10-8-20)27(37)28(24)40-31(29)42-17-34(4,18-42)41(5)6/h7-10,16,19,22-23H,11-12,14-15,17-18H2,1-6H3/t22-,23+/m1/s1. The highest BCUT2D eigenvalue weighted by Crippen LogP contribution is 2.43. The molecule has 0 radical (unpaired) electrons. The summed E-state index contributed by atoms with van der Waals surface area (Å²) in [5.41, 5.74) is 1.32. The molecule has 0 bridgehead atoms. The van der Waals surface area contributed by atoms with Gasteiger partial charge in [0.25, 0.3) is 0 Å². The van der Waals surface area contributed by atoms with E-state index in [1.54, 1.807) is 17.3 Å². The van der Waals surface area contributed by atoms with E-state index in [9.17, 15) is 14.4 Å². The molecule has 0 unspecified atom stereocenters. The Morgan fingerprint density at radius 1 is 1.20 bits per heavy atom. The van der Waals surface area contributed by atoms with Gasteiger partial charge in [-0.2, -0.15) is 5.26 Å². The van der Waals surface area contributed by atoms with Gasteiger partial charge < -0.3 is 24.0 Å². The van der Waals surface area contributed by atoms with E-state index in [0.717, 1.165) is 0 Å². The molecule has 9 nitrogen and oxygen atoms in total. The van der Waals surface area contributed by atoms with Crippen LogP contribution in [0.4, 0.5) is 19.4 Å². The topological polar surface area (TPSA) is 90.5 Å².